The van der Waals surface area contributed by atoms with E-state index in [0.717, 1.165) is 6.42 Å². The summed E-state index contributed by atoms with van der Waals surface area (Å²) in [7, 11) is 1.74. The van der Waals surface area contributed by atoms with Gasteiger partial charge >= 0.3 is 6.09 Å². The van der Waals surface area contributed by atoms with Gasteiger partial charge in [-0.25, -0.2) is 4.79 Å². The Balaban J connectivity index is 2.16. The van der Waals surface area contributed by atoms with Gasteiger partial charge in [-0.1, -0.05) is 0 Å². The van der Waals surface area contributed by atoms with Gasteiger partial charge in [-0.2, -0.15) is 0 Å². The van der Waals surface area contributed by atoms with Crippen molar-refractivity contribution in [1.82, 2.24) is 4.90 Å². The van der Waals surface area contributed by atoms with Crippen LogP contribution in [-0.4, -0.2) is 55.2 Å². The van der Waals surface area contributed by atoms with E-state index in [9.17, 15) is 4.79 Å². The number of carbonyl (C=O) groups excluding carboxylic acids is 1. The van der Waals surface area contributed by atoms with Gasteiger partial charge < -0.3 is 9.47 Å². The van der Waals surface area contributed by atoms with Gasteiger partial charge in [0.2, 0.25) is 0 Å². The summed E-state index contributed by atoms with van der Waals surface area (Å²) in [5, 5.41) is 0. The number of ether oxygens (including phenoxy) is 2. The van der Waals surface area contributed by atoms with Crippen LogP contribution in [0, 0.1) is 0 Å². The number of hydrogen-bond acceptors (Lipinski definition) is 4. The molecule has 2 saturated heterocycles. The minimum Gasteiger partial charge on any atom is -0.444 e. The molecular weight excluding hydrogens is 244 g/mol. The van der Waals surface area contributed by atoms with Gasteiger partial charge in [-0.15, -0.1) is 0 Å². The molecule has 0 spiro atoms. The average molecular weight is 266 g/mol. The molecule has 5 heteroatoms. The first-order valence-corrected chi connectivity index (χ1v) is 6.62. The summed E-state index contributed by atoms with van der Waals surface area (Å²) >= 11 is 0. The number of rotatable bonds is 1. The van der Waals surface area contributed by atoms with Crippen LogP contribution in [0.4, 0.5) is 4.79 Å². The highest BCUT2D eigenvalue weighted by Gasteiger charge is 2.45. The van der Waals surface area contributed by atoms with Crippen molar-refractivity contribution in [3.63, 3.8) is 0 Å². The molecule has 2 bridgehead atoms. The van der Waals surface area contributed by atoms with Crippen molar-refractivity contribution in [3.05, 3.63) is 11.6 Å². The van der Waals surface area contributed by atoms with Crippen LogP contribution in [0.1, 0.15) is 27.2 Å². The van der Waals surface area contributed by atoms with E-state index in [1.54, 1.807) is 13.3 Å². The topological polar surface area (TPSA) is 51.1 Å². The van der Waals surface area contributed by atoms with E-state index in [1.165, 1.54) is 5.57 Å². The summed E-state index contributed by atoms with van der Waals surface area (Å²) < 4.78 is 11.0. The lowest BCUT2D eigenvalue weighted by molar-refractivity contribution is -0.0340. The van der Waals surface area contributed by atoms with Crippen LogP contribution in [0.15, 0.2) is 16.6 Å². The number of morpholine rings is 1. The fraction of sp³-hybridized carbons (Fsp3) is 0.714. The molecule has 1 amide bonds. The van der Waals surface area contributed by atoms with Crippen molar-refractivity contribution in [2.24, 2.45) is 4.99 Å². The van der Waals surface area contributed by atoms with Crippen molar-refractivity contribution in [2.45, 2.75) is 44.9 Å². The third-order valence-electron chi connectivity index (χ3n) is 3.26. The van der Waals surface area contributed by atoms with Gasteiger partial charge in [-0.3, -0.25) is 9.89 Å². The highest BCUT2D eigenvalue weighted by Crippen LogP contribution is 2.34. The average Bonchev–Trinajstić information content (AvgIpc) is 2.52. The van der Waals surface area contributed by atoms with Gasteiger partial charge in [0.15, 0.2) is 0 Å². The number of carbonyl (C=O) groups is 1. The Morgan fingerprint density at radius 1 is 1.47 bits per heavy atom. The third kappa shape index (κ3) is 3.15. The predicted molar refractivity (Wildman–Crippen MR) is 73.6 cm³/mol. The van der Waals surface area contributed by atoms with Crippen LogP contribution >= 0.6 is 0 Å². The molecule has 0 saturated carbocycles. The first-order chi connectivity index (χ1) is 8.92. The Bertz CT molecular complexity index is 409. The molecule has 19 heavy (non-hydrogen) atoms. The Morgan fingerprint density at radius 3 is 2.84 bits per heavy atom. The number of fused-ring (bicyclic) bond motifs is 2. The van der Waals surface area contributed by atoms with Crippen molar-refractivity contribution in [1.29, 1.82) is 0 Å². The zero-order valence-corrected chi connectivity index (χ0v) is 12.0. The molecule has 2 rings (SSSR count). The van der Waals surface area contributed by atoms with E-state index < -0.39 is 5.60 Å². The van der Waals surface area contributed by atoms with Crippen molar-refractivity contribution < 1.29 is 14.3 Å². The van der Waals surface area contributed by atoms with Crippen molar-refractivity contribution in [2.75, 3.05) is 20.3 Å². The Hall–Kier alpha value is -1.36. The van der Waals surface area contributed by atoms with Gasteiger partial charge in [0.05, 0.1) is 25.3 Å². The summed E-state index contributed by atoms with van der Waals surface area (Å²) in [6, 6.07) is 0.0803. The van der Waals surface area contributed by atoms with Crippen LogP contribution in [0.5, 0.6) is 0 Å². The Labute approximate surface area is 114 Å². The van der Waals surface area contributed by atoms with Crippen LogP contribution in [0.2, 0.25) is 0 Å². The van der Waals surface area contributed by atoms with Crippen molar-refractivity contribution in [3.8, 4) is 0 Å². The molecule has 2 fully saturated rings. The molecule has 2 aliphatic heterocycles. The summed E-state index contributed by atoms with van der Waals surface area (Å²) in [5.41, 5.74) is 0.725. The summed E-state index contributed by atoms with van der Waals surface area (Å²) in [6.07, 6.45) is 4.35. The second kappa shape index (κ2) is 5.33. The summed E-state index contributed by atoms with van der Waals surface area (Å²) in [4.78, 5) is 18.1. The summed E-state index contributed by atoms with van der Waals surface area (Å²) in [5.74, 6) is 0. The zero-order valence-electron chi connectivity index (χ0n) is 12.0. The van der Waals surface area contributed by atoms with Gasteiger partial charge in [0.25, 0.3) is 0 Å². The minimum absolute atomic E-state index is 0.00778. The second-order valence-corrected chi connectivity index (χ2v) is 5.95. The molecule has 2 aliphatic rings. The smallest absolute Gasteiger partial charge is 0.411 e. The first-order valence-electron chi connectivity index (χ1n) is 6.62. The van der Waals surface area contributed by atoms with E-state index in [-0.39, 0.29) is 18.2 Å². The van der Waals surface area contributed by atoms with E-state index in [4.69, 9.17) is 9.47 Å². The SMILES string of the molecule is C/N=C/C=C1\CC2COCC1N2C(=O)OC(C)(C)C. The fourth-order valence-electron chi connectivity index (χ4n) is 2.52. The summed E-state index contributed by atoms with van der Waals surface area (Å²) in [6.45, 7) is 6.77. The fourth-order valence-corrected chi connectivity index (χ4v) is 2.52. The van der Waals surface area contributed by atoms with E-state index >= 15 is 0 Å². The van der Waals surface area contributed by atoms with E-state index in [1.807, 2.05) is 31.7 Å². The lowest BCUT2D eigenvalue weighted by atomic mass is 10.1. The number of amides is 1. The van der Waals surface area contributed by atoms with E-state index in [0.29, 0.717) is 13.2 Å². The predicted octanol–water partition coefficient (Wildman–Crippen LogP) is 2.02. The van der Waals surface area contributed by atoms with Crippen LogP contribution in [0.25, 0.3) is 0 Å². The minimum atomic E-state index is -0.469. The lowest BCUT2D eigenvalue weighted by Gasteiger charge is -2.35. The molecule has 0 radical (unpaired) electrons. The highest BCUT2D eigenvalue weighted by atomic mass is 16.6. The maximum absolute atomic E-state index is 12.3. The molecule has 0 aliphatic carbocycles. The molecule has 0 aromatic carbocycles. The number of hydrogen-bond donors (Lipinski definition) is 0. The molecule has 2 atom stereocenters. The molecular formula is C14H22N2O3. The number of aliphatic imine (C=N–C) groups is 1. The van der Waals surface area contributed by atoms with Gasteiger partial charge in [0.1, 0.15) is 5.60 Å². The first kappa shape index (κ1) is 14.1. The maximum Gasteiger partial charge on any atom is 0.411 e. The van der Waals surface area contributed by atoms with E-state index in [2.05, 4.69) is 4.99 Å². The monoisotopic (exact) mass is 266 g/mol. The second-order valence-electron chi connectivity index (χ2n) is 5.95. The quantitative estimate of drug-likeness (QED) is 0.682. The van der Waals surface area contributed by atoms with Crippen LogP contribution in [-0.2, 0) is 9.47 Å². The normalized spacial score (nSPS) is 29.3. The molecule has 2 heterocycles. The van der Waals surface area contributed by atoms with Crippen LogP contribution < -0.4 is 0 Å². The Kier molecular flexibility index (Phi) is 3.94. The highest BCUT2D eigenvalue weighted by molar-refractivity contribution is 5.75. The Morgan fingerprint density at radius 2 is 2.21 bits per heavy atom. The molecule has 2 unspecified atom stereocenters. The molecule has 0 N–H and O–H groups in total. The number of nitrogens with zero attached hydrogens (tertiary/aromatic N) is 2. The maximum atomic E-state index is 12.3. The molecule has 5 nitrogen and oxygen atoms in total. The largest absolute Gasteiger partial charge is 0.444 e. The molecule has 0 aromatic rings. The lowest BCUT2D eigenvalue weighted by Crippen LogP contribution is -2.51. The zero-order chi connectivity index (χ0) is 14.0. The third-order valence-corrected chi connectivity index (χ3v) is 3.26. The molecule has 0 aromatic heterocycles. The van der Waals surface area contributed by atoms with Gasteiger partial charge in [0, 0.05) is 13.3 Å². The molecule has 106 valence electrons. The van der Waals surface area contributed by atoms with Gasteiger partial charge in [-0.05, 0) is 38.8 Å². The van der Waals surface area contributed by atoms with Crippen molar-refractivity contribution >= 4 is 12.3 Å². The number of allylic oxidation sites excluding steroid dienone is 1. The standard InChI is InChI=1S/C14H22N2O3/c1-14(2,3)19-13(17)16-11-7-10(5-6-15-4)12(16)9-18-8-11/h5-6,11-12H,7-9H2,1-4H3/b10-5+,15-6+. The van der Waals surface area contributed by atoms with Crippen LogP contribution in [0.3, 0.4) is 0 Å².